The first-order valence-electron chi connectivity index (χ1n) is 10.1. The number of aliphatic hydroxyl groups excluding tert-OH is 1. The van der Waals surface area contributed by atoms with Crippen LogP contribution < -0.4 is 4.74 Å². The zero-order valence-electron chi connectivity index (χ0n) is 16.9. The van der Waals surface area contributed by atoms with Gasteiger partial charge in [0.05, 0.1) is 6.10 Å². The molecule has 1 aliphatic rings. The van der Waals surface area contributed by atoms with E-state index in [2.05, 4.69) is 18.4 Å². The number of benzene rings is 2. The molecule has 0 amide bonds. The van der Waals surface area contributed by atoms with Gasteiger partial charge < -0.3 is 9.84 Å². The Morgan fingerprint density at radius 3 is 2.50 bits per heavy atom. The van der Waals surface area contributed by atoms with E-state index in [4.69, 9.17) is 4.74 Å². The van der Waals surface area contributed by atoms with Gasteiger partial charge in [-0.05, 0) is 62.3 Å². The van der Waals surface area contributed by atoms with Crippen molar-refractivity contribution in [1.29, 1.82) is 0 Å². The van der Waals surface area contributed by atoms with Crippen LogP contribution in [0, 0.1) is 35.2 Å². The summed E-state index contributed by atoms with van der Waals surface area (Å²) < 4.78 is 47.8. The van der Waals surface area contributed by atoms with E-state index >= 15 is 0 Å². The standard InChI is InChI=1S/C25H25F3O2/c1-3-14-30-23-13-12-21(24(27)25(23)28)19-9-6-17(7-10-19)4-5-18-8-11-20(16(2)29)22(26)15-18/h3,8,11-13,15-17,19,29H,1,6-7,9-10,14H2,2H3. The van der Waals surface area contributed by atoms with Crippen molar-refractivity contribution in [3.63, 3.8) is 0 Å². The third kappa shape index (κ3) is 5.06. The molecule has 0 radical (unpaired) electrons. The predicted octanol–water partition coefficient (Wildman–Crippen LogP) is 6.05. The van der Waals surface area contributed by atoms with Crippen LogP contribution in [0.3, 0.4) is 0 Å². The van der Waals surface area contributed by atoms with Crippen molar-refractivity contribution in [3.8, 4) is 17.6 Å². The molecule has 1 aliphatic carbocycles. The van der Waals surface area contributed by atoms with Gasteiger partial charge in [-0.3, -0.25) is 0 Å². The molecule has 0 spiro atoms. The minimum absolute atomic E-state index is 0.0613. The maximum absolute atomic E-state index is 14.5. The Bertz CT molecular complexity index is 964. The van der Waals surface area contributed by atoms with Gasteiger partial charge in [0.1, 0.15) is 12.4 Å². The number of hydrogen-bond donors (Lipinski definition) is 1. The Hall–Kier alpha value is -2.71. The lowest BCUT2D eigenvalue weighted by molar-refractivity contribution is 0.194. The highest BCUT2D eigenvalue weighted by Crippen LogP contribution is 2.38. The molecule has 0 saturated heterocycles. The summed E-state index contributed by atoms with van der Waals surface area (Å²) in [5.41, 5.74) is 1.18. The number of rotatable bonds is 5. The molecule has 1 N–H and O–H groups in total. The normalized spacial score (nSPS) is 19.5. The molecule has 0 aromatic heterocycles. The number of halogens is 3. The fourth-order valence-electron chi connectivity index (χ4n) is 3.80. The van der Waals surface area contributed by atoms with Gasteiger partial charge in [0.25, 0.3) is 0 Å². The summed E-state index contributed by atoms with van der Waals surface area (Å²) in [5.74, 6) is 3.84. The third-order valence-electron chi connectivity index (χ3n) is 5.47. The van der Waals surface area contributed by atoms with Crippen molar-refractivity contribution in [2.75, 3.05) is 6.61 Å². The predicted molar refractivity (Wildman–Crippen MR) is 111 cm³/mol. The zero-order valence-corrected chi connectivity index (χ0v) is 16.9. The second-order valence-corrected chi connectivity index (χ2v) is 7.61. The molecule has 1 atom stereocenters. The third-order valence-corrected chi connectivity index (χ3v) is 5.47. The quantitative estimate of drug-likeness (QED) is 0.477. The number of hydrogen-bond acceptors (Lipinski definition) is 2. The Morgan fingerprint density at radius 2 is 1.87 bits per heavy atom. The van der Waals surface area contributed by atoms with Gasteiger partial charge in [0, 0.05) is 17.0 Å². The van der Waals surface area contributed by atoms with Crippen LogP contribution >= 0.6 is 0 Å². The van der Waals surface area contributed by atoms with Gasteiger partial charge in [-0.1, -0.05) is 36.6 Å². The summed E-state index contributed by atoms with van der Waals surface area (Å²) in [6.45, 7) is 5.12. The largest absolute Gasteiger partial charge is 0.486 e. The number of ether oxygens (including phenoxy) is 1. The van der Waals surface area contributed by atoms with Crippen molar-refractivity contribution >= 4 is 0 Å². The van der Waals surface area contributed by atoms with Gasteiger partial charge in [-0.15, -0.1) is 0 Å². The van der Waals surface area contributed by atoms with Crippen LogP contribution in [-0.2, 0) is 0 Å². The fraction of sp³-hybridized carbons (Fsp3) is 0.360. The summed E-state index contributed by atoms with van der Waals surface area (Å²) in [4.78, 5) is 0. The minimum atomic E-state index is -0.959. The van der Waals surface area contributed by atoms with Crippen LogP contribution in [-0.4, -0.2) is 11.7 Å². The van der Waals surface area contributed by atoms with E-state index in [9.17, 15) is 18.3 Å². The molecule has 3 rings (SSSR count). The van der Waals surface area contributed by atoms with E-state index in [0.29, 0.717) is 24.0 Å². The maximum Gasteiger partial charge on any atom is 0.200 e. The Labute approximate surface area is 175 Å². The van der Waals surface area contributed by atoms with Crippen LogP contribution in [0.4, 0.5) is 13.2 Å². The fourth-order valence-corrected chi connectivity index (χ4v) is 3.80. The second kappa shape index (κ2) is 9.86. The van der Waals surface area contributed by atoms with Gasteiger partial charge in [0.15, 0.2) is 11.6 Å². The molecule has 0 heterocycles. The summed E-state index contributed by atoms with van der Waals surface area (Å²) in [6, 6.07) is 7.63. The molecule has 5 heteroatoms. The van der Waals surface area contributed by atoms with Crippen molar-refractivity contribution in [1.82, 2.24) is 0 Å². The summed E-state index contributed by atoms with van der Waals surface area (Å²) in [6.07, 6.45) is 3.55. The second-order valence-electron chi connectivity index (χ2n) is 7.61. The molecule has 30 heavy (non-hydrogen) atoms. The van der Waals surface area contributed by atoms with Crippen molar-refractivity contribution in [2.45, 2.75) is 44.6 Å². The summed E-state index contributed by atoms with van der Waals surface area (Å²) >= 11 is 0. The van der Waals surface area contributed by atoms with E-state index in [1.165, 1.54) is 25.1 Å². The first-order valence-corrected chi connectivity index (χ1v) is 10.1. The lowest BCUT2D eigenvalue weighted by Crippen LogP contribution is -2.14. The van der Waals surface area contributed by atoms with E-state index in [-0.39, 0.29) is 29.8 Å². The molecule has 158 valence electrons. The average molecular weight is 414 g/mol. The molecule has 1 unspecified atom stereocenters. The van der Waals surface area contributed by atoms with Crippen LogP contribution in [0.2, 0.25) is 0 Å². The molecule has 2 aromatic carbocycles. The van der Waals surface area contributed by atoms with Crippen molar-refractivity contribution in [2.24, 2.45) is 5.92 Å². The first-order chi connectivity index (χ1) is 14.4. The zero-order chi connectivity index (χ0) is 21.7. The molecule has 0 bridgehead atoms. The highest BCUT2D eigenvalue weighted by Gasteiger charge is 2.26. The molecular formula is C25H25F3O2. The van der Waals surface area contributed by atoms with Gasteiger partial charge in [0.2, 0.25) is 5.82 Å². The highest BCUT2D eigenvalue weighted by atomic mass is 19.2. The molecule has 2 aromatic rings. The molecule has 0 aliphatic heterocycles. The molecule has 1 fully saturated rings. The van der Waals surface area contributed by atoms with E-state index in [0.717, 1.165) is 12.8 Å². The van der Waals surface area contributed by atoms with Gasteiger partial charge >= 0.3 is 0 Å². The molecular weight excluding hydrogens is 389 g/mol. The van der Waals surface area contributed by atoms with E-state index in [1.807, 2.05) is 0 Å². The summed E-state index contributed by atoms with van der Waals surface area (Å²) in [7, 11) is 0. The van der Waals surface area contributed by atoms with Gasteiger partial charge in [-0.2, -0.15) is 4.39 Å². The lowest BCUT2D eigenvalue weighted by atomic mass is 9.78. The summed E-state index contributed by atoms with van der Waals surface area (Å²) in [5, 5.41) is 9.50. The Balaban J connectivity index is 1.63. The maximum atomic E-state index is 14.5. The Kier molecular flexibility index (Phi) is 7.23. The molecule has 2 nitrogen and oxygen atoms in total. The lowest BCUT2D eigenvalue weighted by Gasteiger charge is -2.26. The topological polar surface area (TPSA) is 29.5 Å². The minimum Gasteiger partial charge on any atom is -0.486 e. The highest BCUT2D eigenvalue weighted by molar-refractivity contribution is 5.38. The van der Waals surface area contributed by atoms with Crippen molar-refractivity contribution in [3.05, 3.63) is 77.1 Å². The van der Waals surface area contributed by atoms with E-state index < -0.39 is 23.6 Å². The van der Waals surface area contributed by atoms with Crippen LogP contribution in [0.1, 0.15) is 61.3 Å². The molecule has 1 saturated carbocycles. The van der Waals surface area contributed by atoms with Gasteiger partial charge in [-0.25, -0.2) is 8.78 Å². The van der Waals surface area contributed by atoms with Crippen LogP contribution in [0.25, 0.3) is 0 Å². The van der Waals surface area contributed by atoms with E-state index in [1.54, 1.807) is 18.2 Å². The average Bonchev–Trinajstić information content (AvgIpc) is 2.73. The van der Waals surface area contributed by atoms with Crippen LogP contribution in [0.15, 0.2) is 43.0 Å². The SMILES string of the molecule is C=CCOc1ccc(C2CCC(C#Cc3ccc(C(C)O)c(F)c3)CC2)c(F)c1F. The van der Waals surface area contributed by atoms with Crippen molar-refractivity contribution < 1.29 is 23.0 Å². The Morgan fingerprint density at radius 1 is 1.13 bits per heavy atom. The number of aliphatic hydroxyl groups is 1. The monoisotopic (exact) mass is 414 g/mol. The first kappa shape index (κ1) is 22.0. The van der Waals surface area contributed by atoms with Crippen LogP contribution in [0.5, 0.6) is 5.75 Å². The smallest absolute Gasteiger partial charge is 0.200 e.